The number of fused-ring (bicyclic) bond motifs is 1. The molecule has 1 aliphatic rings. The number of hydrogen-bond acceptors (Lipinski definition) is 2. The van der Waals surface area contributed by atoms with Crippen LogP contribution >= 0.6 is 0 Å². The van der Waals surface area contributed by atoms with E-state index in [-0.39, 0.29) is 0 Å². The molecule has 0 aromatic carbocycles. The van der Waals surface area contributed by atoms with Gasteiger partial charge in [-0.05, 0) is 32.6 Å². The highest BCUT2D eigenvalue weighted by atomic mass is 15.3. The van der Waals surface area contributed by atoms with Crippen LogP contribution in [0.4, 0.5) is 5.82 Å². The summed E-state index contributed by atoms with van der Waals surface area (Å²) >= 11 is 0. The molecule has 1 aromatic rings. The first-order valence-electron chi connectivity index (χ1n) is 5.92. The maximum absolute atomic E-state index is 4.45. The number of rotatable bonds is 2. The molecule has 0 fully saturated rings. The van der Waals surface area contributed by atoms with Crippen molar-refractivity contribution in [3.05, 3.63) is 11.8 Å². The van der Waals surface area contributed by atoms with Crippen LogP contribution in [0.25, 0.3) is 0 Å². The Bertz CT molecular complexity index is 339. The molecule has 0 unspecified atom stereocenters. The van der Waals surface area contributed by atoms with E-state index in [0.29, 0.717) is 18.0 Å². The van der Waals surface area contributed by atoms with Gasteiger partial charge in [-0.2, -0.15) is 5.10 Å². The molecule has 1 N–H and O–H groups in total. The van der Waals surface area contributed by atoms with Gasteiger partial charge in [0.2, 0.25) is 0 Å². The van der Waals surface area contributed by atoms with Crippen molar-refractivity contribution in [1.29, 1.82) is 0 Å². The molecule has 1 atom stereocenters. The molecule has 15 heavy (non-hydrogen) atoms. The number of aromatic nitrogens is 2. The van der Waals surface area contributed by atoms with Gasteiger partial charge in [-0.15, -0.1) is 0 Å². The lowest BCUT2D eigenvalue weighted by molar-refractivity contribution is 0.466. The van der Waals surface area contributed by atoms with Crippen molar-refractivity contribution in [1.82, 2.24) is 9.78 Å². The Kier molecular flexibility index (Phi) is 2.72. The zero-order chi connectivity index (χ0) is 11.0. The number of hydrogen-bond donors (Lipinski definition) is 1. The van der Waals surface area contributed by atoms with Gasteiger partial charge in [-0.25, -0.2) is 4.68 Å². The standard InChI is InChI=1S/C12H21N3/c1-8(2)11-6-5-10-7-13-15(9(3)4)12(10)14-11/h7-9,11,14H,5-6H2,1-4H3/t11-/m1/s1. The van der Waals surface area contributed by atoms with Crippen LogP contribution in [0, 0.1) is 5.92 Å². The van der Waals surface area contributed by atoms with E-state index < -0.39 is 0 Å². The van der Waals surface area contributed by atoms with Crippen molar-refractivity contribution < 1.29 is 0 Å². The molecule has 1 aliphatic heterocycles. The van der Waals surface area contributed by atoms with Gasteiger partial charge in [-0.3, -0.25) is 0 Å². The highest BCUT2D eigenvalue weighted by molar-refractivity contribution is 5.47. The molecular formula is C12H21N3. The molecule has 0 saturated heterocycles. The fraction of sp³-hybridized carbons (Fsp3) is 0.750. The van der Waals surface area contributed by atoms with Crippen LogP contribution in [0.2, 0.25) is 0 Å². The number of aryl methyl sites for hydroxylation is 1. The fourth-order valence-corrected chi connectivity index (χ4v) is 2.19. The van der Waals surface area contributed by atoms with Gasteiger partial charge >= 0.3 is 0 Å². The Morgan fingerprint density at radius 2 is 2.13 bits per heavy atom. The summed E-state index contributed by atoms with van der Waals surface area (Å²) in [7, 11) is 0. The van der Waals surface area contributed by atoms with Crippen molar-refractivity contribution in [3.63, 3.8) is 0 Å². The smallest absolute Gasteiger partial charge is 0.127 e. The minimum atomic E-state index is 0.437. The second-order valence-electron chi connectivity index (χ2n) is 5.09. The summed E-state index contributed by atoms with van der Waals surface area (Å²) in [5, 5.41) is 8.07. The average molecular weight is 207 g/mol. The van der Waals surface area contributed by atoms with Gasteiger partial charge in [0.15, 0.2) is 0 Å². The van der Waals surface area contributed by atoms with Gasteiger partial charge in [-0.1, -0.05) is 13.8 Å². The summed E-state index contributed by atoms with van der Waals surface area (Å²) in [4.78, 5) is 0. The van der Waals surface area contributed by atoms with E-state index in [0.717, 1.165) is 6.42 Å². The minimum absolute atomic E-state index is 0.437. The van der Waals surface area contributed by atoms with Crippen molar-refractivity contribution in [2.45, 2.75) is 52.6 Å². The highest BCUT2D eigenvalue weighted by Crippen LogP contribution is 2.29. The van der Waals surface area contributed by atoms with Gasteiger partial charge in [0.1, 0.15) is 5.82 Å². The van der Waals surface area contributed by atoms with Gasteiger partial charge in [0.05, 0.1) is 6.20 Å². The predicted molar refractivity (Wildman–Crippen MR) is 63.2 cm³/mol. The maximum atomic E-state index is 4.45. The zero-order valence-electron chi connectivity index (χ0n) is 10.1. The number of anilines is 1. The highest BCUT2D eigenvalue weighted by Gasteiger charge is 2.24. The SMILES string of the molecule is CC(C)[C@H]1CCc2cnn(C(C)C)c2N1. The third-order valence-electron chi connectivity index (χ3n) is 3.21. The van der Waals surface area contributed by atoms with Crippen molar-refractivity contribution in [3.8, 4) is 0 Å². The first-order chi connectivity index (χ1) is 7.09. The van der Waals surface area contributed by atoms with E-state index in [1.807, 2.05) is 6.20 Å². The van der Waals surface area contributed by atoms with Crippen molar-refractivity contribution >= 4 is 5.82 Å². The molecule has 84 valence electrons. The Morgan fingerprint density at radius 3 is 2.73 bits per heavy atom. The molecule has 0 bridgehead atoms. The van der Waals surface area contributed by atoms with Crippen molar-refractivity contribution in [2.75, 3.05) is 5.32 Å². The monoisotopic (exact) mass is 207 g/mol. The summed E-state index contributed by atoms with van der Waals surface area (Å²) in [5.41, 5.74) is 1.38. The van der Waals surface area contributed by atoms with E-state index in [1.165, 1.54) is 17.8 Å². The van der Waals surface area contributed by atoms with E-state index in [2.05, 4.69) is 42.8 Å². The van der Waals surface area contributed by atoms with Crippen molar-refractivity contribution in [2.24, 2.45) is 5.92 Å². The lowest BCUT2D eigenvalue weighted by Crippen LogP contribution is -2.31. The second-order valence-corrected chi connectivity index (χ2v) is 5.09. The van der Waals surface area contributed by atoms with E-state index >= 15 is 0 Å². The lowest BCUT2D eigenvalue weighted by atomic mass is 9.94. The molecule has 1 aromatic heterocycles. The van der Waals surface area contributed by atoms with Crippen LogP contribution < -0.4 is 5.32 Å². The predicted octanol–water partition coefficient (Wildman–Crippen LogP) is 2.85. The molecule has 2 heterocycles. The molecular weight excluding hydrogens is 186 g/mol. The Labute approximate surface area is 91.9 Å². The molecule has 0 spiro atoms. The maximum Gasteiger partial charge on any atom is 0.127 e. The third kappa shape index (κ3) is 1.87. The first kappa shape index (κ1) is 10.5. The summed E-state index contributed by atoms with van der Waals surface area (Å²) in [6.45, 7) is 8.90. The quantitative estimate of drug-likeness (QED) is 0.808. The Balaban J connectivity index is 2.26. The van der Waals surface area contributed by atoms with Gasteiger partial charge in [0, 0.05) is 17.6 Å². The zero-order valence-corrected chi connectivity index (χ0v) is 10.1. The number of nitrogens with one attached hydrogen (secondary N) is 1. The Hall–Kier alpha value is -0.990. The second kappa shape index (κ2) is 3.87. The van der Waals surface area contributed by atoms with Crippen LogP contribution in [0.5, 0.6) is 0 Å². The topological polar surface area (TPSA) is 29.9 Å². The fourth-order valence-electron chi connectivity index (χ4n) is 2.19. The molecule has 2 rings (SSSR count). The summed E-state index contributed by atoms with van der Waals surface area (Å²) in [5.74, 6) is 1.93. The van der Waals surface area contributed by atoms with Gasteiger partial charge < -0.3 is 5.32 Å². The largest absolute Gasteiger partial charge is 0.367 e. The number of nitrogens with zero attached hydrogens (tertiary/aromatic N) is 2. The van der Waals surface area contributed by atoms with E-state index in [4.69, 9.17) is 0 Å². The van der Waals surface area contributed by atoms with E-state index in [9.17, 15) is 0 Å². The lowest BCUT2D eigenvalue weighted by Gasteiger charge is -2.29. The molecule has 0 radical (unpaired) electrons. The average Bonchev–Trinajstić information content (AvgIpc) is 2.59. The van der Waals surface area contributed by atoms with Crippen LogP contribution in [0.15, 0.2) is 6.20 Å². The Morgan fingerprint density at radius 1 is 1.40 bits per heavy atom. The van der Waals surface area contributed by atoms with Crippen LogP contribution in [-0.2, 0) is 6.42 Å². The third-order valence-corrected chi connectivity index (χ3v) is 3.21. The summed E-state index contributed by atoms with van der Waals surface area (Å²) < 4.78 is 2.10. The minimum Gasteiger partial charge on any atom is -0.367 e. The molecule has 3 heteroatoms. The van der Waals surface area contributed by atoms with Crippen LogP contribution in [0.1, 0.15) is 45.7 Å². The van der Waals surface area contributed by atoms with E-state index in [1.54, 1.807) is 0 Å². The van der Waals surface area contributed by atoms with Crippen LogP contribution in [0.3, 0.4) is 0 Å². The molecule has 3 nitrogen and oxygen atoms in total. The summed E-state index contributed by atoms with van der Waals surface area (Å²) in [6, 6.07) is 1.04. The molecule has 0 saturated carbocycles. The first-order valence-corrected chi connectivity index (χ1v) is 5.92. The molecule has 0 aliphatic carbocycles. The van der Waals surface area contributed by atoms with Gasteiger partial charge in [0.25, 0.3) is 0 Å². The normalized spacial score (nSPS) is 20.5. The summed E-state index contributed by atoms with van der Waals surface area (Å²) in [6.07, 6.45) is 4.41. The molecule has 0 amide bonds. The van der Waals surface area contributed by atoms with Crippen LogP contribution in [-0.4, -0.2) is 15.8 Å².